The van der Waals surface area contributed by atoms with Crippen molar-refractivity contribution in [2.45, 2.75) is 51.5 Å². The first-order valence-electron chi connectivity index (χ1n) is 8.60. The number of nitrogens with zero attached hydrogens (tertiary/aromatic N) is 1. The van der Waals surface area contributed by atoms with E-state index in [-0.39, 0.29) is 5.63 Å². The number of aryl methyl sites for hydroxylation is 2. The van der Waals surface area contributed by atoms with Crippen LogP contribution in [0.5, 0.6) is 0 Å². The molecule has 1 aromatic carbocycles. The fourth-order valence-electron chi connectivity index (χ4n) is 3.96. The second kappa shape index (κ2) is 5.88. The number of benzene rings is 1. The summed E-state index contributed by atoms with van der Waals surface area (Å²) in [5, 5.41) is 1.14. The predicted molar refractivity (Wildman–Crippen MR) is 88.3 cm³/mol. The van der Waals surface area contributed by atoms with E-state index in [9.17, 15) is 4.79 Å². The Morgan fingerprint density at radius 3 is 2.41 bits per heavy atom. The van der Waals surface area contributed by atoms with Crippen molar-refractivity contribution in [2.75, 3.05) is 13.1 Å². The summed E-state index contributed by atoms with van der Waals surface area (Å²) in [5.74, 6) is 0. The van der Waals surface area contributed by atoms with Gasteiger partial charge in [-0.1, -0.05) is 12.8 Å². The summed E-state index contributed by atoms with van der Waals surface area (Å²) in [4.78, 5) is 14.4. The fourth-order valence-corrected chi connectivity index (χ4v) is 3.96. The van der Waals surface area contributed by atoms with Crippen LogP contribution in [0.1, 0.15) is 48.8 Å². The Labute approximate surface area is 130 Å². The summed E-state index contributed by atoms with van der Waals surface area (Å²) in [5.41, 5.74) is 4.51. The SMILES string of the molecule is O=c1cc(CN2CCCCCC2)c2cc3c(cc2o1)CCC3. The maximum absolute atomic E-state index is 11.9. The van der Waals surface area contributed by atoms with Crippen LogP contribution in [0.2, 0.25) is 0 Å². The van der Waals surface area contributed by atoms with Crippen molar-refractivity contribution in [2.24, 2.45) is 0 Å². The molecule has 22 heavy (non-hydrogen) atoms. The number of fused-ring (bicyclic) bond motifs is 2. The van der Waals surface area contributed by atoms with Crippen LogP contribution in [0.25, 0.3) is 11.0 Å². The van der Waals surface area contributed by atoms with Gasteiger partial charge in [-0.3, -0.25) is 4.90 Å². The number of rotatable bonds is 2. The van der Waals surface area contributed by atoms with Gasteiger partial charge in [0.25, 0.3) is 0 Å². The van der Waals surface area contributed by atoms with E-state index >= 15 is 0 Å². The number of hydrogen-bond donors (Lipinski definition) is 0. The third-order valence-corrected chi connectivity index (χ3v) is 5.14. The first-order valence-corrected chi connectivity index (χ1v) is 8.60. The van der Waals surface area contributed by atoms with E-state index in [1.807, 2.05) is 0 Å². The highest BCUT2D eigenvalue weighted by atomic mass is 16.4. The van der Waals surface area contributed by atoms with Gasteiger partial charge in [0.1, 0.15) is 5.58 Å². The third kappa shape index (κ3) is 2.70. The second-order valence-electron chi connectivity index (χ2n) is 6.75. The molecular weight excluding hydrogens is 274 g/mol. The zero-order valence-corrected chi connectivity index (χ0v) is 13.1. The highest BCUT2D eigenvalue weighted by Gasteiger charge is 2.17. The molecule has 1 fully saturated rings. The Kier molecular flexibility index (Phi) is 3.75. The minimum atomic E-state index is -0.213. The monoisotopic (exact) mass is 297 g/mol. The number of hydrogen-bond acceptors (Lipinski definition) is 3. The van der Waals surface area contributed by atoms with Gasteiger partial charge in [-0.25, -0.2) is 4.79 Å². The molecule has 2 heterocycles. The van der Waals surface area contributed by atoms with Crippen LogP contribution >= 0.6 is 0 Å². The van der Waals surface area contributed by atoms with Gasteiger partial charge in [0.2, 0.25) is 0 Å². The van der Waals surface area contributed by atoms with Crippen molar-refractivity contribution in [3.05, 3.63) is 45.3 Å². The zero-order valence-electron chi connectivity index (χ0n) is 13.1. The molecule has 3 heteroatoms. The smallest absolute Gasteiger partial charge is 0.336 e. The number of likely N-dealkylation sites (tertiary alicyclic amines) is 1. The molecule has 0 amide bonds. The minimum Gasteiger partial charge on any atom is -0.423 e. The van der Waals surface area contributed by atoms with Gasteiger partial charge in [-0.2, -0.15) is 0 Å². The molecule has 1 aliphatic heterocycles. The van der Waals surface area contributed by atoms with Crippen LogP contribution in [0.15, 0.2) is 27.4 Å². The van der Waals surface area contributed by atoms with Crippen molar-refractivity contribution >= 4 is 11.0 Å². The molecule has 1 aliphatic carbocycles. The van der Waals surface area contributed by atoms with Crippen molar-refractivity contribution < 1.29 is 4.42 Å². The van der Waals surface area contributed by atoms with Crippen LogP contribution in [0.3, 0.4) is 0 Å². The van der Waals surface area contributed by atoms with Crippen LogP contribution in [0.4, 0.5) is 0 Å². The topological polar surface area (TPSA) is 33.5 Å². The molecule has 0 radical (unpaired) electrons. The van der Waals surface area contributed by atoms with E-state index in [0.717, 1.165) is 49.0 Å². The molecule has 2 aliphatic rings. The van der Waals surface area contributed by atoms with Gasteiger partial charge >= 0.3 is 5.63 Å². The van der Waals surface area contributed by atoms with E-state index in [1.165, 1.54) is 43.2 Å². The molecule has 0 unspecified atom stereocenters. The van der Waals surface area contributed by atoms with Crippen molar-refractivity contribution in [1.29, 1.82) is 0 Å². The Morgan fingerprint density at radius 1 is 0.909 bits per heavy atom. The molecule has 0 atom stereocenters. The summed E-state index contributed by atoms with van der Waals surface area (Å²) >= 11 is 0. The third-order valence-electron chi connectivity index (χ3n) is 5.14. The molecule has 3 nitrogen and oxygen atoms in total. The molecule has 0 spiro atoms. The lowest BCUT2D eigenvalue weighted by atomic mass is 10.0. The van der Waals surface area contributed by atoms with Crippen molar-refractivity contribution in [3.63, 3.8) is 0 Å². The Bertz CT molecular complexity index is 739. The van der Waals surface area contributed by atoms with E-state index in [4.69, 9.17) is 4.42 Å². The molecule has 1 aromatic heterocycles. The van der Waals surface area contributed by atoms with Crippen molar-refractivity contribution in [3.8, 4) is 0 Å². The quantitative estimate of drug-likeness (QED) is 0.793. The molecule has 0 bridgehead atoms. The van der Waals surface area contributed by atoms with E-state index in [1.54, 1.807) is 6.07 Å². The van der Waals surface area contributed by atoms with Crippen LogP contribution < -0.4 is 5.63 Å². The summed E-state index contributed by atoms with van der Waals surface area (Å²) in [6.45, 7) is 3.17. The standard InChI is InChI=1S/C19H23NO2/c21-19-12-16(13-20-8-3-1-2-4-9-20)17-10-14-6-5-7-15(14)11-18(17)22-19/h10-12H,1-9,13H2. The van der Waals surface area contributed by atoms with Gasteiger partial charge in [0, 0.05) is 18.0 Å². The molecule has 1 saturated heterocycles. The molecule has 0 N–H and O–H groups in total. The predicted octanol–water partition coefficient (Wildman–Crippen LogP) is 3.66. The lowest BCUT2D eigenvalue weighted by Crippen LogP contribution is -2.24. The van der Waals surface area contributed by atoms with Crippen molar-refractivity contribution in [1.82, 2.24) is 4.90 Å². The zero-order chi connectivity index (χ0) is 14.9. The summed E-state index contributed by atoms with van der Waals surface area (Å²) in [7, 11) is 0. The maximum atomic E-state index is 11.9. The largest absolute Gasteiger partial charge is 0.423 e. The average Bonchev–Trinajstić information content (AvgIpc) is 2.80. The molecule has 0 saturated carbocycles. The normalized spacial score (nSPS) is 19.3. The summed E-state index contributed by atoms with van der Waals surface area (Å²) in [6, 6.07) is 6.08. The van der Waals surface area contributed by atoms with Gasteiger partial charge in [-0.15, -0.1) is 0 Å². The molecular formula is C19H23NO2. The van der Waals surface area contributed by atoms with E-state index in [2.05, 4.69) is 17.0 Å². The first kappa shape index (κ1) is 14.0. The maximum Gasteiger partial charge on any atom is 0.336 e. The summed E-state index contributed by atoms with van der Waals surface area (Å²) in [6.07, 6.45) is 8.71. The minimum absolute atomic E-state index is 0.213. The van der Waals surface area contributed by atoms with Crippen LogP contribution in [-0.4, -0.2) is 18.0 Å². The highest BCUT2D eigenvalue weighted by molar-refractivity contribution is 5.82. The van der Waals surface area contributed by atoms with Gasteiger partial charge < -0.3 is 4.42 Å². The highest BCUT2D eigenvalue weighted by Crippen LogP contribution is 2.29. The lowest BCUT2D eigenvalue weighted by molar-refractivity contribution is 0.277. The lowest BCUT2D eigenvalue weighted by Gasteiger charge is -2.20. The fraction of sp³-hybridized carbons (Fsp3) is 0.526. The summed E-state index contributed by atoms with van der Waals surface area (Å²) < 4.78 is 5.47. The Hall–Kier alpha value is -1.61. The molecule has 4 rings (SSSR count). The second-order valence-corrected chi connectivity index (χ2v) is 6.75. The van der Waals surface area contributed by atoms with Gasteiger partial charge in [0.15, 0.2) is 0 Å². The van der Waals surface area contributed by atoms with E-state index < -0.39 is 0 Å². The van der Waals surface area contributed by atoms with Crippen LogP contribution in [-0.2, 0) is 19.4 Å². The Morgan fingerprint density at radius 2 is 1.64 bits per heavy atom. The molecule has 2 aromatic rings. The van der Waals surface area contributed by atoms with E-state index in [0.29, 0.717) is 0 Å². The van der Waals surface area contributed by atoms with Gasteiger partial charge in [0.05, 0.1) is 0 Å². The first-order chi connectivity index (χ1) is 10.8. The van der Waals surface area contributed by atoms with Crippen LogP contribution in [0, 0.1) is 0 Å². The van der Waals surface area contributed by atoms with Gasteiger partial charge in [-0.05, 0) is 74.0 Å². The Balaban J connectivity index is 1.74. The molecule has 116 valence electrons. The average molecular weight is 297 g/mol.